The van der Waals surface area contributed by atoms with Crippen molar-refractivity contribution >= 4 is 29.0 Å². The summed E-state index contributed by atoms with van der Waals surface area (Å²) in [4.78, 5) is 22.9. The number of amides is 1. The number of carbonyl (C=O) groups is 2. The Kier molecular flexibility index (Phi) is 4.05. The Labute approximate surface area is 125 Å². The van der Waals surface area contributed by atoms with Crippen LogP contribution in [0.4, 0.5) is 5.69 Å². The van der Waals surface area contributed by atoms with Crippen molar-refractivity contribution < 1.29 is 9.59 Å². The van der Waals surface area contributed by atoms with Crippen LogP contribution in [0.3, 0.4) is 0 Å². The van der Waals surface area contributed by atoms with Gasteiger partial charge >= 0.3 is 0 Å². The minimum Gasteiger partial charge on any atom is -0.322 e. The van der Waals surface area contributed by atoms with Crippen LogP contribution in [-0.4, -0.2) is 21.5 Å². The summed E-state index contributed by atoms with van der Waals surface area (Å²) >= 11 is 5.82. The van der Waals surface area contributed by atoms with Gasteiger partial charge in [0.15, 0.2) is 17.2 Å². The third-order valence-corrected chi connectivity index (χ3v) is 2.95. The van der Waals surface area contributed by atoms with Crippen molar-refractivity contribution in [2.45, 2.75) is 13.8 Å². The third-order valence-electron chi connectivity index (χ3n) is 2.70. The molecule has 0 atom stereocenters. The molecular weight excluding hydrogens is 292 g/mol. The van der Waals surface area contributed by atoms with E-state index in [1.54, 1.807) is 24.3 Å². The molecule has 21 heavy (non-hydrogen) atoms. The molecular formula is C14H11ClN4O2. The normalized spacial score (nSPS) is 10.0. The summed E-state index contributed by atoms with van der Waals surface area (Å²) in [6, 6.07) is 8.58. The number of halogens is 1. The second kappa shape index (κ2) is 5.77. The van der Waals surface area contributed by atoms with Crippen LogP contribution in [0.25, 0.3) is 5.69 Å². The molecule has 0 spiro atoms. The van der Waals surface area contributed by atoms with Crippen LogP contribution >= 0.6 is 11.6 Å². The predicted molar refractivity (Wildman–Crippen MR) is 77.6 cm³/mol. The van der Waals surface area contributed by atoms with E-state index in [4.69, 9.17) is 11.6 Å². The Morgan fingerprint density at radius 2 is 1.90 bits per heavy atom. The van der Waals surface area contributed by atoms with Gasteiger partial charge in [-0.15, -0.1) is 0 Å². The zero-order valence-corrected chi connectivity index (χ0v) is 12.1. The fourth-order valence-electron chi connectivity index (χ4n) is 1.83. The lowest BCUT2D eigenvalue weighted by Crippen LogP contribution is -2.10. The summed E-state index contributed by atoms with van der Waals surface area (Å²) in [5.41, 5.74) is 0.803. The van der Waals surface area contributed by atoms with Gasteiger partial charge in [-0.2, -0.15) is 10.4 Å². The Hall–Kier alpha value is -2.65. The first kappa shape index (κ1) is 14.8. The Bertz CT molecular complexity index is 757. The SMILES string of the molecule is CC(=O)Nc1c(C(C)=O)nn(-c2ccc(Cl)cc2)c1C#N. The molecule has 0 aliphatic heterocycles. The Morgan fingerprint density at radius 3 is 2.38 bits per heavy atom. The lowest BCUT2D eigenvalue weighted by molar-refractivity contribution is -0.114. The first-order valence-corrected chi connectivity index (χ1v) is 6.39. The number of rotatable bonds is 3. The average molecular weight is 303 g/mol. The highest BCUT2D eigenvalue weighted by atomic mass is 35.5. The Balaban J connectivity index is 2.67. The summed E-state index contributed by atoms with van der Waals surface area (Å²) in [7, 11) is 0. The van der Waals surface area contributed by atoms with Gasteiger partial charge in [0, 0.05) is 18.9 Å². The van der Waals surface area contributed by atoms with Gasteiger partial charge in [-0.1, -0.05) is 11.6 Å². The molecule has 2 aromatic rings. The molecule has 7 heteroatoms. The van der Waals surface area contributed by atoms with E-state index in [1.165, 1.54) is 18.5 Å². The van der Waals surface area contributed by atoms with E-state index in [2.05, 4.69) is 10.4 Å². The molecule has 0 saturated heterocycles. The van der Waals surface area contributed by atoms with Crippen molar-refractivity contribution in [3.63, 3.8) is 0 Å². The summed E-state index contributed by atoms with van der Waals surface area (Å²) in [6.07, 6.45) is 0. The number of hydrogen-bond donors (Lipinski definition) is 1. The molecule has 1 aromatic carbocycles. The number of nitrogens with zero attached hydrogens (tertiary/aromatic N) is 3. The molecule has 1 heterocycles. The lowest BCUT2D eigenvalue weighted by Gasteiger charge is -2.03. The minimum atomic E-state index is -0.385. The molecule has 0 radical (unpaired) electrons. The van der Waals surface area contributed by atoms with E-state index in [1.807, 2.05) is 6.07 Å². The maximum Gasteiger partial charge on any atom is 0.221 e. The highest BCUT2D eigenvalue weighted by Crippen LogP contribution is 2.24. The fraction of sp³-hybridized carbons (Fsp3) is 0.143. The number of anilines is 1. The molecule has 0 aliphatic carbocycles. The third kappa shape index (κ3) is 2.93. The number of benzene rings is 1. The average Bonchev–Trinajstić information content (AvgIpc) is 2.77. The van der Waals surface area contributed by atoms with Crippen LogP contribution in [0.2, 0.25) is 5.02 Å². The number of nitrogens with one attached hydrogen (secondary N) is 1. The molecule has 2 rings (SSSR count). The molecule has 106 valence electrons. The summed E-state index contributed by atoms with van der Waals surface area (Å²) in [5, 5.41) is 16.5. The van der Waals surface area contributed by atoms with E-state index in [0.29, 0.717) is 10.7 Å². The van der Waals surface area contributed by atoms with Crippen LogP contribution in [0.5, 0.6) is 0 Å². The van der Waals surface area contributed by atoms with Crippen LogP contribution in [0.1, 0.15) is 30.0 Å². The molecule has 0 aliphatic rings. The van der Waals surface area contributed by atoms with Crippen LogP contribution < -0.4 is 5.32 Å². The molecule has 0 fully saturated rings. The molecule has 0 bridgehead atoms. The van der Waals surface area contributed by atoms with Crippen LogP contribution in [-0.2, 0) is 4.79 Å². The number of nitriles is 1. The van der Waals surface area contributed by atoms with Crippen molar-refractivity contribution in [3.05, 3.63) is 40.7 Å². The van der Waals surface area contributed by atoms with Gasteiger partial charge in [-0.05, 0) is 24.3 Å². The monoisotopic (exact) mass is 302 g/mol. The maximum absolute atomic E-state index is 11.7. The van der Waals surface area contributed by atoms with Crippen molar-refractivity contribution in [1.82, 2.24) is 9.78 Å². The van der Waals surface area contributed by atoms with Gasteiger partial charge in [-0.3, -0.25) is 9.59 Å². The second-order valence-electron chi connectivity index (χ2n) is 4.31. The molecule has 1 amide bonds. The van der Waals surface area contributed by atoms with Crippen LogP contribution in [0, 0.1) is 11.3 Å². The van der Waals surface area contributed by atoms with Gasteiger partial charge in [0.05, 0.1) is 5.69 Å². The highest BCUT2D eigenvalue weighted by Gasteiger charge is 2.22. The van der Waals surface area contributed by atoms with E-state index < -0.39 is 0 Å². The predicted octanol–water partition coefficient (Wildman–Crippen LogP) is 2.56. The zero-order chi connectivity index (χ0) is 15.6. The summed E-state index contributed by atoms with van der Waals surface area (Å²) in [6.45, 7) is 2.62. The van der Waals surface area contributed by atoms with Crippen molar-refractivity contribution in [3.8, 4) is 11.8 Å². The standard InChI is InChI=1S/C14H11ClN4O2/c1-8(20)13-14(17-9(2)21)12(7-16)19(18-13)11-5-3-10(15)4-6-11/h3-6H,1-2H3,(H,17,21). The second-order valence-corrected chi connectivity index (χ2v) is 4.75. The number of ketones is 1. The van der Waals surface area contributed by atoms with Crippen molar-refractivity contribution in [2.75, 3.05) is 5.32 Å². The maximum atomic E-state index is 11.7. The lowest BCUT2D eigenvalue weighted by atomic mass is 10.2. The number of hydrogen-bond acceptors (Lipinski definition) is 4. The number of aromatic nitrogens is 2. The molecule has 0 saturated carbocycles. The molecule has 1 N–H and O–H groups in total. The summed E-state index contributed by atoms with van der Waals surface area (Å²) < 4.78 is 1.30. The Morgan fingerprint density at radius 1 is 1.29 bits per heavy atom. The number of carbonyl (C=O) groups excluding carboxylic acids is 2. The topological polar surface area (TPSA) is 87.8 Å². The van der Waals surface area contributed by atoms with E-state index in [0.717, 1.165) is 0 Å². The van der Waals surface area contributed by atoms with E-state index >= 15 is 0 Å². The zero-order valence-electron chi connectivity index (χ0n) is 11.3. The molecule has 0 unspecified atom stereocenters. The first-order valence-electron chi connectivity index (χ1n) is 6.01. The van der Waals surface area contributed by atoms with Crippen molar-refractivity contribution in [2.24, 2.45) is 0 Å². The fourth-order valence-corrected chi connectivity index (χ4v) is 1.96. The van der Waals surface area contributed by atoms with Crippen LogP contribution in [0.15, 0.2) is 24.3 Å². The largest absolute Gasteiger partial charge is 0.322 e. The summed E-state index contributed by atoms with van der Waals surface area (Å²) in [5.74, 6) is -0.729. The smallest absolute Gasteiger partial charge is 0.221 e. The quantitative estimate of drug-likeness (QED) is 0.883. The van der Waals surface area contributed by atoms with E-state index in [-0.39, 0.29) is 28.8 Å². The van der Waals surface area contributed by atoms with Gasteiger partial charge in [0.25, 0.3) is 0 Å². The minimum absolute atomic E-state index is 0.0386. The van der Waals surface area contributed by atoms with E-state index in [9.17, 15) is 14.9 Å². The van der Waals surface area contributed by atoms with Gasteiger partial charge in [-0.25, -0.2) is 4.68 Å². The number of Topliss-reactive ketones (excluding diaryl/α,β-unsaturated/α-hetero) is 1. The van der Waals surface area contributed by atoms with Gasteiger partial charge in [0.1, 0.15) is 11.8 Å². The van der Waals surface area contributed by atoms with Gasteiger partial charge in [0.2, 0.25) is 5.91 Å². The molecule has 1 aromatic heterocycles. The highest BCUT2D eigenvalue weighted by molar-refractivity contribution is 6.30. The first-order chi connectivity index (χ1) is 9.93. The molecule has 6 nitrogen and oxygen atoms in total. The van der Waals surface area contributed by atoms with Crippen molar-refractivity contribution in [1.29, 1.82) is 5.26 Å². The van der Waals surface area contributed by atoms with Gasteiger partial charge < -0.3 is 5.32 Å².